The van der Waals surface area contributed by atoms with Gasteiger partial charge < -0.3 is 10.1 Å². The summed E-state index contributed by atoms with van der Waals surface area (Å²) in [6.07, 6.45) is 0. The number of ether oxygens (including phenoxy) is 1. The maximum Gasteiger partial charge on any atom is 0.487 e. The first-order valence-corrected chi connectivity index (χ1v) is 10.2. The highest BCUT2D eigenvalue weighted by atomic mass is 35.5. The van der Waals surface area contributed by atoms with E-state index in [1.165, 1.54) is 30.3 Å². The molecule has 0 fully saturated rings. The van der Waals surface area contributed by atoms with E-state index in [0.717, 1.165) is 9.69 Å². The lowest BCUT2D eigenvalue weighted by atomic mass is 10.1. The number of amides is 1. The Morgan fingerprint density at radius 2 is 1.72 bits per heavy atom. The normalized spacial score (nSPS) is 14.8. The van der Waals surface area contributed by atoms with Crippen LogP contribution in [0.4, 0.5) is 20.2 Å². The molecule has 3 aromatic carbocycles. The van der Waals surface area contributed by atoms with Gasteiger partial charge in [-0.25, -0.2) is 8.42 Å². The molecule has 6 nitrogen and oxygen atoms in total. The average molecular weight is 439 g/mol. The predicted molar refractivity (Wildman–Crippen MR) is 105 cm³/mol. The highest BCUT2D eigenvalue weighted by Crippen LogP contribution is 2.41. The molecule has 0 bridgehead atoms. The molecule has 0 aromatic heterocycles. The van der Waals surface area contributed by atoms with Gasteiger partial charge in [-0.2, -0.15) is 0 Å². The number of rotatable bonds is 5. The second kappa shape index (κ2) is 6.85. The first-order chi connectivity index (χ1) is 13.6. The van der Waals surface area contributed by atoms with Crippen molar-refractivity contribution in [2.75, 3.05) is 16.2 Å². The Morgan fingerprint density at radius 1 is 1.07 bits per heavy atom. The minimum absolute atomic E-state index is 0.155. The number of nitrogens with one attached hydrogen (secondary N) is 1. The number of sulfonamides is 1. The molecule has 150 valence electrons. The summed E-state index contributed by atoms with van der Waals surface area (Å²) in [7, 11) is -3.86. The van der Waals surface area contributed by atoms with E-state index in [-0.39, 0.29) is 16.3 Å². The van der Waals surface area contributed by atoms with E-state index in [9.17, 15) is 22.0 Å². The molecule has 1 amide bonds. The summed E-state index contributed by atoms with van der Waals surface area (Å²) >= 11 is 4.70. The molecule has 29 heavy (non-hydrogen) atoms. The lowest BCUT2D eigenvalue weighted by Gasteiger charge is -2.18. The van der Waals surface area contributed by atoms with E-state index in [1.54, 1.807) is 30.3 Å². The van der Waals surface area contributed by atoms with Crippen LogP contribution in [0.5, 0.6) is 5.75 Å². The zero-order chi connectivity index (χ0) is 20.8. The van der Waals surface area contributed by atoms with E-state index in [1.807, 2.05) is 0 Å². The van der Waals surface area contributed by atoms with Crippen LogP contribution in [0.2, 0.25) is 0 Å². The molecule has 1 aliphatic heterocycles. The zero-order valence-corrected chi connectivity index (χ0v) is 16.2. The summed E-state index contributed by atoms with van der Waals surface area (Å²) in [6, 6.07) is 15.2. The Labute approximate surface area is 169 Å². The fourth-order valence-corrected chi connectivity index (χ4v) is 4.96. The van der Waals surface area contributed by atoms with Gasteiger partial charge in [-0.05, 0) is 41.8 Å². The largest absolute Gasteiger partial charge is 0.487 e. The van der Waals surface area contributed by atoms with Crippen LogP contribution >= 0.6 is 11.6 Å². The van der Waals surface area contributed by atoms with Crippen molar-refractivity contribution in [3.63, 3.8) is 0 Å². The molecule has 0 aliphatic carbocycles. The van der Waals surface area contributed by atoms with Gasteiger partial charge in [0.2, 0.25) is 5.91 Å². The third-order valence-corrected chi connectivity index (χ3v) is 6.22. The van der Waals surface area contributed by atoms with Gasteiger partial charge in [-0.1, -0.05) is 24.3 Å². The van der Waals surface area contributed by atoms with Crippen molar-refractivity contribution < 1.29 is 26.7 Å². The van der Waals surface area contributed by atoms with Gasteiger partial charge in [-0.15, -0.1) is 8.78 Å². The van der Waals surface area contributed by atoms with Crippen LogP contribution in [0.3, 0.4) is 0 Å². The van der Waals surface area contributed by atoms with E-state index < -0.39 is 28.0 Å². The minimum atomic E-state index is -3.86. The second-order valence-corrected chi connectivity index (χ2v) is 8.53. The van der Waals surface area contributed by atoms with Crippen molar-refractivity contribution in [3.05, 3.63) is 60.7 Å². The molecule has 0 saturated carbocycles. The van der Waals surface area contributed by atoms with E-state index in [0.29, 0.717) is 11.1 Å². The topological polar surface area (TPSA) is 75.7 Å². The molecule has 1 aliphatic rings. The number of alkyl halides is 3. The first kappa shape index (κ1) is 19.4. The van der Waals surface area contributed by atoms with Crippen molar-refractivity contribution in [3.8, 4) is 5.75 Å². The van der Waals surface area contributed by atoms with Crippen LogP contribution in [0, 0.1) is 0 Å². The number of nitrogens with zero attached hydrogens (tertiary/aromatic N) is 1. The van der Waals surface area contributed by atoms with Crippen LogP contribution in [-0.2, 0) is 14.8 Å². The smallest absolute Gasteiger partial charge is 0.420 e. The van der Waals surface area contributed by atoms with Crippen LogP contribution in [0.1, 0.15) is 0 Å². The Balaban J connectivity index is 1.53. The van der Waals surface area contributed by atoms with E-state index in [4.69, 9.17) is 11.6 Å². The summed E-state index contributed by atoms with van der Waals surface area (Å²) in [5, 5.41) is 3.87. The molecule has 0 atom stereocenters. The first-order valence-electron chi connectivity index (χ1n) is 8.35. The molecule has 10 heteroatoms. The molecule has 3 aromatic rings. The second-order valence-electron chi connectivity index (χ2n) is 6.26. The number of hydrogen-bond acceptors (Lipinski definition) is 4. The molecule has 0 spiro atoms. The third kappa shape index (κ3) is 3.70. The lowest BCUT2D eigenvalue weighted by molar-refractivity contribution is -0.114. The lowest BCUT2D eigenvalue weighted by Crippen LogP contribution is -2.35. The molecule has 0 unspecified atom stereocenters. The zero-order valence-electron chi connectivity index (χ0n) is 14.6. The molecule has 1 heterocycles. The maximum atomic E-state index is 12.9. The average Bonchev–Trinajstić information content (AvgIpc) is 2.86. The van der Waals surface area contributed by atoms with Crippen molar-refractivity contribution in [2.45, 2.75) is 10.5 Å². The van der Waals surface area contributed by atoms with Gasteiger partial charge in [0, 0.05) is 22.7 Å². The van der Waals surface area contributed by atoms with Crippen LogP contribution in [0.25, 0.3) is 10.8 Å². The summed E-state index contributed by atoms with van der Waals surface area (Å²) in [4.78, 5) is 12.6. The highest BCUT2D eigenvalue weighted by Gasteiger charge is 2.36. The van der Waals surface area contributed by atoms with Crippen molar-refractivity contribution in [2.24, 2.45) is 0 Å². The SMILES string of the molecule is O=C(CN1c2cccc3cccc(c23)S1(=O)=O)Nc1ccc(OC(F)(F)Cl)cc1. The van der Waals surface area contributed by atoms with Crippen molar-refractivity contribution in [1.29, 1.82) is 0 Å². The predicted octanol–water partition coefficient (Wildman–Crippen LogP) is 4.16. The van der Waals surface area contributed by atoms with Gasteiger partial charge in [0.25, 0.3) is 10.0 Å². The fraction of sp³-hybridized carbons (Fsp3) is 0.105. The number of benzene rings is 3. The number of halogens is 3. The highest BCUT2D eigenvalue weighted by molar-refractivity contribution is 7.93. The van der Waals surface area contributed by atoms with Crippen molar-refractivity contribution >= 4 is 49.7 Å². The van der Waals surface area contributed by atoms with Crippen molar-refractivity contribution in [1.82, 2.24) is 0 Å². The molecular weight excluding hydrogens is 426 g/mol. The molecular formula is C19H13ClF2N2O4S. The summed E-state index contributed by atoms with van der Waals surface area (Å²) in [5.41, 5.74) is -3.13. The van der Waals surface area contributed by atoms with E-state index >= 15 is 0 Å². The number of anilines is 2. The molecule has 0 saturated heterocycles. The van der Waals surface area contributed by atoms with Gasteiger partial charge in [0.1, 0.15) is 12.3 Å². The fourth-order valence-electron chi connectivity index (χ4n) is 3.20. The Hall–Kier alpha value is -2.91. The standard InChI is InChI=1S/C19H13ClF2N2O4S/c20-19(21,22)28-14-9-7-13(8-10-14)23-17(25)11-24-15-5-1-3-12-4-2-6-16(18(12)15)29(24,26)27/h1-10H,11H2,(H,23,25). The summed E-state index contributed by atoms with van der Waals surface area (Å²) < 4.78 is 56.3. The number of carbonyl (C=O) groups excluding carboxylic acids is 1. The van der Waals surface area contributed by atoms with E-state index in [2.05, 4.69) is 10.1 Å². The Morgan fingerprint density at radius 3 is 2.38 bits per heavy atom. The van der Waals surface area contributed by atoms with Crippen LogP contribution in [0.15, 0.2) is 65.6 Å². The quantitative estimate of drug-likeness (QED) is 0.607. The van der Waals surface area contributed by atoms with Gasteiger partial charge in [0.15, 0.2) is 0 Å². The summed E-state index contributed by atoms with van der Waals surface area (Å²) in [6.45, 7) is -0.436. The monoisotopic (exact) mass is 438 g/mol. The van der Waals surface area contributed by atoms with Gasteiger partial charge in [0.05, 0.1) is 10.6 Å². The molecule has 4 rings (SSSR count). The maximum absolute atomic E-state index is 12.9. The number of carbonyl (C=O) groups is 1. The minimum Gasteiger partial charge on any atom is -0.420 e. The third-order valence-electron chi connectivity index (χ3n) is 4.34. The van der Waals surface area contributed by atoms with Gasteiger partial charge >= 0.3 is 5.57 Å². The molecule has 1 N–H and O–H groups in total. The Kier molecular flexibility index (Phi) is 4.59. The van der Waals surface area contributed by atoms with Crippen LogP contribution in [-0.4, -0.2) is 26.4 Å². The summed E-state index contributed by atoms with van der Waals surface area (Å²) in [5.74, 6) is -0.776. The van der Waals surface area contributed by atoms with Crippen LogP contribution < -0.4 is 14.4 Å². The number of hydrogen-bond donors (Lipinski definition) is 1. The Bertz CT molecular complexity index is 1210. The molecule has 0 radical (unpaired) electrons. The van der Waals surface area contributed by atoms with Gasteiger partial charge in [-0.3, -0.25) is 9.10 Å².